The van der Waals surface area contributed by atoms with E-state index in [1.54, 1.807) is 37.6 Å². The summed E-state index contributed by atoms with van der Waals surface area (Å²) in [6.07, 6.45) is 1.67. The number of rotatable bonds is 4. The number of amides is 1. The van der Waals surface area contributed by atoms with Crippen LogP contribution in [0.4, 0.5) is 5.82 Å². The zero-order valence-electron chi connectivity index (χ0n) is 13.5. The highest BCUT2D eigenvalue weighted by Gasteiger charge is 2.16. The van der Waals surface area contributed by atoms with Gasteiger partial charge >= 0.3 is 0 Å². The quantitative estimate of drug-likeness (QED) is 0.581. The Labute approximate surface area is 146 Å². The third-order valence-corrected chi connectivity index (χ3v) is 4.78. The van der Waals surface area contributed by atoms with Crippen LogP contribution in [0.25, 0.3) is 21.0 Å². The van der Waals surface area contributed by atoms with E-state index in [9.17, 15) is 4.79 Å². The lowest BCUT2D eigenvalue weighted by atomic mass is 10.2. The molecule has 0 radical (unpaired) electrons. The lowest BCUT2D eigenvalue weighted by Crippen LogP contribution is -2.12. The summed E-state index contributed by atoms with van der Waals surface area (Å²) < 4.78 is 11.5. The molecule has 1 aromatic carbocycles. The summed E-state index contributed by atoms with van der Waals surface area (Å²) in [5.41, 5.74) is 1.35. The summed E-state index contributed by atoms with van der Waals surface area (Å²) in [6.45, 7) is 1.85. The predicted molar refractivity (Wildman–Crippen MR) is 95.2 cm³/mol. The molecule has 4 rings (SSSR count). The zero-order chi connectivity index (χ0) is 17.4. The molecule has 0 atom stereocenters. The van der Waals surface area contributed by atoms with E-state index in [2.05, 4.69) is 20.5 Å². The number of benzene rings is 1. The molecule has 0 saturated heterocycles. The normalized spacial score (nSPS) is 11.0. The molecule has 0 aliphatic rings. The van der Waals surface area contributed by atoms with Crippen molar-refractivity contribution in [2.75, 3.05) is 12.4 Å². The number of thiophene rings is 1. The molecule has 0 aliphatic carbocycles. The Kier molecular flexibility index (Phi) is 3.73. The zero-order valence-corrected chi connectivity index (χ0v) is 14.3. The average Bonchev–Trinajstić information content (AvgIpc) is 3.32. The van der Waals surface area contributed by atoms with Gasteiger partial charge in [-0.25, -0.2) is 4.98 Å². The molecule has 7 nitrogen and oxygen atoms in total. The van der Waals surface area contributed by atoms with Crippen molar-refractivity contribution < 1.29 is 13.9 Å². The van der Waals surface area contributed by atoms with Crippen LogP contribution < -0.4 is 10.1 Å². The number of carbonyl (C=O) groups excluding carboxylic acids is 1. The predicted octanol–water partition coefficient (Wildman–Crippen LogP) is 3.85. The summed E-state index contributed by atoms with van der Waals surface area (Å²) in [4.78, 5) is 17.5. The van der Waals surface area contributed by atoms with Crippen LogP contribution in [0.1, 0.15) is 16.1 Å². The molecule has 126 valence electrons. The Morgan fingerprint density at radius 2 is 2.12 bits per heavy atom. The van der Waals surface area contributed by atoms with Gasteiger partial charge < -0.3 is 14.5 Å². The van der Waals surface area contributed by atoms with E-state index >= 15 is 0 Å². The number of H-pyrrole nitrogens is 1. The van der Waals surface area contributed by atoms with E-state index in [0.29, 0.717) is 23.0 Å². The number of anilines is 1. The smallest absolute Gasteiger partial charge is 0.256 e. The number of ether oxygens (including phenoxy) is 1. The van der Waals surface area contributed by atoms with Crippen molar-refractivity contribution in [1.29, 1.82) is 0 Å². The molecule has 3 heterocycles. The number of aromatic nitrogens is 3. The molecule has 2 N–H and O–H groups in total. The van der Waals surface area contributed by atoms with Crippen LogP contribution in [-0.4, -0.2) is 28.2 Å². The van der Waals surface area contributed by atoms with Crippen LogP contribution in [0.5, 0.6) is 5.75 Å². The first kappa shape index (κ1) is 15.4. The van der Waals surface area contributed by atoms with Gasteiger partial charge in [-0.2, -0.15) is 5.10 Å². The molecule has 0 saturated carbocycles. The van der Waals surface area contributed by atoms with Crippen LogP contribution in [0, 0.1) is 6.92 Å². The number of oxazole rings is 1. The summed E-state index contributed by atoms with van der Waals surface area (Å²) >= 11 is 1.46. The number of methoxy groups -OCH3 is 1. The number of nitrogens with zero attached hydrogens (tertiary/aromatic N) is 2. The highest BCUT2D eigenvalue weighted by Crippen LogP contribution is 2.36. The second-order valence-corrected chi connectivity index (χ2v) is 6.44. The Morgan fingerprint density at radius 1 is 1.32 bits per heavy atom. The van der Waals surface area contributed by atoms with Crippen LogP contribution in [0.15, 0.2) is 40.9 Å². The van der Waals surface area contributed by atoms with Crippen LogP contribution in [-0.2, 0) is 0 Å². The van der Waals surface area contributed by atoms with Crippen molar-refractivity contribution in [2.24, 2.45) is 0 Å². The Bertz CT molecular complexity index is 1050. The molecule has 0 aliphatic heterocycles. The van der Waals surface area contributed by atoms with Crippen molar-refractivity contribution in [3.63, 3.8) is 0 Å². The molecule has 3 aromatic heterocycles. The number of fused-ring (bicyclic) bond motifs is 1. The fourth-order valence-electron chi connectivity index (χ4n) is 2.40. The fraction of sp³-hybridized carbons (Fsp3) is 0.118. The van der Waals surface area contributed by atoms with Crippen molar-refractivity contribution >= 4 is 33.3 Å². The van der Waals surface area contributed by atoms with Gasteiger partial charge in [-0.15, -0.1) is 11.3 Å². The van der Waals surface area contributed by atoms with Crippen LogP contribution in [0.3, 0.4) is 0 Å². The summed E-state index contributed by atoms with van der Waals surface area (Å²) in [7, 11) is 1.58. The third-order valence-electron chi connectivity index (χ3n) is 3.65. The summed E-state index contributed by atoms with van der Waals surface area (Å²) in [5.74, 6) is 2.24. The Hall–Kier alpha value is -3.13. The number of hydrogen-bond acceptors (Lipinski definition) is 6. The molecule has 1 amide bonds. The molecule has 0 fully saturated rings. The fourth-order valence-corrected chi connectivity index (χ4v) is 3.38. The Morgan fingerprint density at radius 3 is 2.80 bits per heavy atom. The minimum atomic E-state index is -0.238. The number of aryl methyl sites for hydroxylation is 1. The van der Waals surface area contributed by atoms with Gasteiger partial charge in [0.05, 0.1) is 28.4 Å². The molecule has 4 aromatic rings. The average molecular weight is 354 g/mol. The first-order valence-electron chi connectivity index (χ1n) is 7.50. The van der Waals surface area contributed by atoms with E-state index in [4.69, 9.17) is 9.15 Å². The maximum atomic E-state index is 12.4. The van der Waals surface area contributed by atoms with Crippen molar-refractivity contribution in [3.8, 4) is 16.5 Å². The minimum absolute atomic E-state index is 0.238. The molecule has 0 bridgehead atoms. The van der Waals surface area contributed by atoms with Crippen LogP contribution >= 0.6 is 11.3 Å². The lowest BCUT2D eigenvalue weighted by Gasteiger charge is -2.03. The van der Waals surface area contributed by atoms with Crippen molar-refractivity contribution in [2.45, 2.75) is 6.92 Å². The maximum absolute atomic E-state index is 12.4. The second-order valence-electron chi connectivity index (χ2n) is 5.38. The molecule has 25 heavy (non-hydrogen) atoms. The van der Waals surface area contributed by atoms with E-state index < -0.39 is 0 Å². The van der Waals surface area contributed by atoms with Gasteiger partial charge in [-0.3, -0.25) is 9.89 Å². The summed E-state index contributed by atoms with van der Waals surface area (Å²) in [5, 5.41) is 9.91. The topological polar surface area (TPSA) is 93.0 Å². The molecular weight excluding hydrogens is 340 g/mol. The summed E-state index contributed by atoms with van der Waals surface area (Å²) in [6, 6.07) is 8.79. The van der Waals surface area contributed by atoms with Gasteiger partial charge in [0.25, 0.3) is 5.91 Å². The monoisotopic (exact) mass is 354 g/mol. The van der Waals surface area contributed by atoms with Gasteiger partial charge in [0.15, 0.2) is 5.82 Å². The van der Waals surface area contributed by atoms with Gasteiger partial charge in [0.2, 0.25) is 5.89 Å². The van der Waals surface area contributed by atoms with E-state index in [1.807, 2.05) is 13.0 Å². The number of hydrogen-bond donors (Lipinski definition) is 2. The third kappa shape index (κ3) is 2.87. The van der Waals surface area contributed by atoms with Gasteiger partial charge in [0.1, 0.15) is 11.5 Å². The van der Waals surface area contributed by atoms with Crippen LogP contribution in [0.2, 0.25) is 0 Å². The SMILES string of the molecule is COc1ccc(C(=O)Nc2n[nH]c3cc(-c4ncc(C)o4)sc23)cc1. The molecule has 0 unspecified atom stereocenters. The number of carbonyl (C=O) groups is 1. The van der Waals surface area contributed by atoms with E-state index in [-0.39, 0.29) is 5.91 Å². The highest BCUT2D eigenvalue weighted by molar-refractivity contribution is 7.22. The van der Waals surface area contributed by atoms with Gasteiger partial charge in [0, 0.05) is 5.56 Å². The first-order valence-corrected chi connectivity index (χ1v) is 8.32. The first-order chi connectivity index (χ1) is 12.1. The Balaban J connectivity index is 1.60. The van der Waals surface area contributed by atoms with Crippen molar-refractivity contribution in [1.82, 2.24) is 15.2 Å². The lowest BCUT2D eigenvalue weighted by molar-refractivity contribution is 0.102. The van der Waals surface area contributed by atoms with E-state index in [1.165, 1.54) is 11.3 Å². The highest BCUT2D eigenvalue weighted by atomic mass is 32.1. The van der Waals surface area contributed by atoms with Gasteiger partial charge in [-0.1, -0.05) is 0 Å². The number of nitrogens with one attached hydrogen (secondary N) is 2. The van der Waals surface area contributed by atoms with Gasteiger partial charge in [-0.05, 0) is 37.3 Å². The molecular formula is C17H14N4O3S. The second kappa shape index (κ2) is 6.06. The number of aromatic amines is 1. The van der Waals surface area contributed by atoms with Crippen molar-refractivity contribution in [3.05, 3.63) is 47.9 Å². The minimum Gasteiger partial charge on any atom is -0.497 e. The maximum Gasteiger partial charge on any atom is 0.256 e. The largest absolute Gasteiger partial charge is 0.497 e. The molecule has 0 spiro atoms. The standard InChI is InChI=1S/C17H14N4O3S/c1-9-8-18-17(24-9)13-7-12-14(25-13)15(21-20-12)19-16(22)10-3-5-11(23-2)6-4-10/h3-8H,1-2H3,(H2,19,20,21,22). The van der Waals surface area contributed by atoms with E-state index in [0.717, 1.165) is 20.9 Å². The molecule has 8 heteroatoms.